The van der Waals surface area contributed by atoms with Crippen molar-refractivity contribution in [3.05, 3.63) is 101 Å². The lowest BCUT2D eigenvalue weighted by atomic mass is 9.93. The predicted octanol–water partition coefficient (Wildman–Crippen LogP) is 6.36. The second kappa shape index (κ2) is 7.34. The van der Waals surface area contributed by atoms with Crippen molar-refractivity contribution >= 4 is 17.3 Å². The first-order valence-corrected chi connectivity index (χ1v) is 10.0. The lowest BCUT2D eigenvalue weighted by Crippen LogP contribution is -2.44. The summed E-state index contributed by atoms with van der Waals surface area (Å²) >= 11 is 0. The second-order valence-electron chi connectivity index (χ2n) is 7.90. The largest absolute Gasteiger partial charge is 0.416 e. The molecule has 0 aliphatic carbocycles. The lowest BCUT2D eigenvalue weighted by molar-refractivity contribution is -0.138. The van der Waals surface area contributed by atoms with Crippen LogP contribution < -0.4 is 4.90 Å². The van der Waals surface area contributed by atoms with E-state index in [1.54, 1.807) is 18.2 Å². The average Bonchev–Trinajstić information content (AvgIpc) is 3.33. The number of anilines is 1. The zero-order valence-corrected chi connectivity index (χ0v) is 17.1. The van der Waals surface area contributed by atoms with Crippen molar-refractivity contribution in [2.45, 2.75) is 24.5 Å². The lowest BCUT2D eigenvalue weighted by Gasteiger charge is -2.33. The molecule has 0 bridgehead atoms. The Labute approximate surface area is 189 Å². The van der Waals surface area contributed by atoms with Crippen molar-refractivity contribution in [3.8, 4) is 0 Å². The maximum atomic E-state index is 13.3. The van der Waals surface area contributed by atoms with E-state index in [1.165, 1.54) is 30.3 Å². The number of alkyl halides is 6. The van der Waals surface area contributed by atoms with Gasteiger partial charge in [0.15, 0.2) is 0 Å². The van der Waals surface area contributed by atoms with Crippen LogP contribution in [0.5, 0.6) is 0 Å². The van der Waals surface area contributed by atoms with Crippen molar-refractivity contribution in [2.75, 3.05) is 4.90 Å². The Hall–Kier alpha value is -3.82. The number of oxime groups is 1. The number of nitrogens with zero attached hydrogens (tertiary/aromatic N) is 2. The molecule has 34 heavy (non-hydrogen) atoms. The van der Waals surface area contributed by atoms with Crippen LogP contribution in [0.2, 0.25) is 0 Å². The molecule has 1 spiro atoms. The summed E-state index contributed by atoms with van der Waals surface area (Å²) in [5.74, 6) is -0.571. The van der Waals surface area contributed by atoms with Crippen molar-refractivity contribution < 1.29 is 36.0 Å². The Kier molecular flexibility index (Phi) is 4.75. The summed E-state index contributed by atoms with van der Waals surface area (Å²) < 4.78 is 78.8. The Morgan fingerprint density at radius 1 is 0.824 bits per heavy atom. The van der Waals surface area contributed by atoms with E-state index in [0.29, 0.717) is 11.1 Å². The number of hydrogen-bond acceptors (Lipinski definition) is 3. The second-order valence-corrected chi connectivity index (χ2v) is 7.90. The summed E-state index contributed by atoms with van der Waals surface area (Å²) in [5.41, 5.74) is -2.15. The molecule has 1 unspecified atom stereocenters. The summed E-state index contributed by atoms with van der Waals surface area (Å²) in [6, 6.07) is 15.0. The zero-order chi connectivity index (χ0) is 24.3. The number of carbonyl (C=O) groups excluding carboxylic acids is 1. The fraction of sp³-hybridized carbons (Fsp3) is 0.167. The molecule has 1 amide bonds. The maximum Gasteiger partial charge on any atom is 0.416 e. The number of fused-ring (bicyclic) bond motifs is 2. The van der Waals surface area contributed by atoms with Gasteiger partial charge in [0, 0.05) is 16.8 Å². The minimum atomic E-state index is -4.63. The highest BCUT2D eigenvalue weighted by molar-refractivity contribution is 6.14. The smallest absolute Gasteiger partial charge is 0.361 e. The van der Waals surface area contributed by atoms with Gasteiger partial charge in [0.25, 0.3) is 5.91 Å². The first kappa shape index (κ1) is 22.0. The van der Waals surface area contributed by atoms with Crippen molar-refractivity contribution in [1.29, 1.82) is 0 Å². The number of carbonyl (C=O) groups is 1. The quantitative estimate of drug-likeness (QED) is 0.404. The number of benzene rings is 3. The van der Waals surface area contributed by atoms with Crippen molar-refractivity contribution in [3.63, 3.8) is 0 Å². The first-order chi connectivity index (χ1) is 16.0. The Morgan fingerprint density at radius 3 is 2.18 bits per heavy atom. The highest BCUT2D eigenvalue weighted by Crippen LogP contribution is 2.49. The third kappa shape index (κ3) is 3.41. The molecule has 2 aliphatic rings. The van der Waals surface area contributed by atoms with Gasteiger partial charge in [-0.05, 0) is 42.0 Å². The summed E-state index contributed by atoms with van der Waals surface area (Å²) in [6.45, 7) is 0. The molecule has 174 valence electrons. The molecular formula is C24H14F6N2O2. The highest BCUT2D eigenvalue weighted by Gasteiger charge is 2.56. The Balaban J connectivity index is 1.57. The molecule has 0 N–H and O–H groups in total. The Bertz CT molecular complexity index is 1310. The van der Waals surface area contributed by atoms with Gasteiger partial charge in [0.1, 0.15) is 0 Å². The van der Waals surface area contributed by atoms with Crippen LogP contribution in [-0.2, 0) is 22.9 Å². The predicted molar refractivity (Wildman–Crippen MR) is 110 cm³/mol. The van der Waals surface area contributed by atoms with Gasteiger partial charge in [-0.15, -0.1) is 0 Å². The van der Waals surface area contributed by atoms with Crippen LogP contribution in [0, 0.1) is 0 Å². The number of rotatable bonds is 2. The zero-order valence-electron chi connectivity index (χ0n) is 17.1. The number of hydrogen-bond donors (Lipinski definition) is 0. The van der Waals surface area contributed by atoms with Gasteiger partial charge < -0.3 is 4.84 Å². The van der Waals surface area contributed by atoms with Crippen LogP contribution in [0.15, 0.2) is 78.0 Å². The van der Waals surface area contributed by atoms with Gasteiger partial charge in [-0.25, -0.2) is 0 Å². The molecule has 10 heteroatoms. The van der Waals surface area contributed by atoms with E-state index < -0.39 is 35.1 Å². The minimum absolute atomic E-state index is 0.0418. The molecule has 0 aromatic heterocycles. The van der Waals surface area contributed by atoms with E-state index in [9.17, 15) is 31.1 Å². The van der Waals surface area contributed by atoms with Crippen LogP contribution >= 0.6 is 0 Å². The summed E-state index contributed by atoms with van der Waals surface area (Å²) in [7, 11) is 0. The maximum absolute atomic E-state index is 13.3. The van der Waals surface area contributed by atoms with E-state index >= 15 is 0 Å². The molecule has 2 heterocycles. The van der Waals surface area contributed by atoms with Crippen LogP contribution in [-0.4, -0.2) is 11.6 Å². The number of halogens is 6. The van der Waals surface area contributed by atoms with Gasteiger partial charge in [-0.1, -0.05) is 41.6 Å². The van der Waals surface area contributed by atoms with Gasteiger partial charge in [-0.2, -0.15) is 26.3 Å². The summed E-state index contributed by atoms with van der Waals surface area (Å²) in [6.07, 6.45) is -9.21. The van der Waals surface area contributed by atoms with E-state index in [4.69, 9.17) is 4.84 Å². The Morgan fingerprint density at radius 2 is 1.50 bits per heavy atom. The van der Waals surface area contributed by atoms with Crippen LogP contribution in [0.1, 0.15) is 39.0 Å². The van der Waals surface area contributed by atoms with Crippen molar-refractivity contribution in [1.82, 2.24) is 0 Å². The molecule has 5 rings (SSSR count). The molecule has 0 radical (unpaired) electrons. The minimum Gasteiger partial charge on any atom is -0.361 e. The monoisotopic (exact) mass is 476 g/mol. The molecule has 0 fully saturated rings. The SMILES string of the molecule is O=C1c2ccccc2C2(CC(c3ccc(C(F)(F)F)cc3)=NO2)N1c1cccc(C(F)(F)F)c1. The van der Waals surface area contributed by atoms with E-state index in [2.05, 4.69) is 5.16 Å². The molecule has 0 saturated heterocycles. The molecule has 1 atom stereocenters. The van der Waals surface area contributed by atoms with E-state index in [0.717, 1.165) is 29.2 Å². The van der Waals surface area contributed by atoms with Crippen LogP contribution in [0.25, 0.3) is 0 Å². The van der Waals surface area contributed by atoms with E-state index in [-0.39, 0.29) is 23.4 Å². The standard InChI is InChI=1S/C24H14F6N2O2/c25-23(26,27)15-10-8-14(9-11-15)20-13-22(34-31-20)19-7-2-1-6-18(19)21(33)32(22)17-5-3-4-16(12-17)24(28,29)30/h1-12H,13H2. The molecular weight excluding hydrogens is 462 g/mol. The molecule has 0 saturated carbocycles. The third-order valence-corrected chi connectivity index (χ3v) is 5.83. The van der Waals surface area contributed by atoms with Crippen molar-refractivity contribution in [2.24, 2.45) is 5.16 Å². The summed E-state index contributed by atoms with van der Waals surface area (Å²) in [4.78, 5) is 20.2. The van der Waals surface area contributed by atoms with Crippen LogP contribution in [0.4, 0.5) is 32.0 Å². The first-order valence-electron chi connectivity index (χ1n) is 10.0. The molecule has 4 nitrogen and oxygen atoms in total. The molecule has 2 aliphatic heterocycles. The highest BCUT2D eigenvalue weighted by atomic mass is 19.4. The number of amides is 1. The fourth-order valence-electron chi connectivity index (χ4n) is 4.26. The van der Waals surface area contributed by atoms with Gasteiger partial charge in [0.05, 0.1) is 23.3 Å². The third-order valence-electron chi connectivity index (χ3n) is 5.83. The topological polar surface area (TPSA) is 41.9 Å². The van der Waals surface area contributed by atoms with Gasteiger partial charge >= 0.3 is 12.4 Å². The molecule has 3 aromatic rings. The van der Waals surface area contributed by atoms with Gasteiger partial charge in [0.2, 0.25) is 5.72 Å². The molecule has 3 aromatic carbocycles. The average molecular weight is 476 g/mol. The van der Waals surface area contributed by atoms with E-state index in [1.807, 2.05) is 0 Å². The van der Waals surface area contributed by atoms with Crippen LogP contribution in [0.3, 0.4) is 0 Å². The summed E-state index contributed by atoms with van der Waals surface area (Å²) in [5, 5.41) is 4.03. The van der Waals surface area contributed by atoms with Gasteiger partial charge in [-0.3, -0.25) is 9.69 Å². The normalized spacial score (nSPS) is 19.9. The fourth-order valence-corrected chi connectivity index (χ4v) is 4.26.